The zero-order chi connectivity index (χ0) is 24.9. The van der Waals surface area contributed by atoms with E-state index in [1.807, 2.05) is 17.5 Å². The highest BCUT2D eigenvalue weighted by molar-refractivity contribution is 7.80. The van der Waals surface area contributed by atoms with Crippen LogP contribution in [0.2, 0.25) is 0 Å². The van der Waals surface area contributed by atoms with Crippen LogP contribution >= 0.6 is 23.6 Å². The molecule has 7 nitrogen and oxygen atoms in total. The second kappa shape index (κ2) is 10.7. The van der Waals surface area contributed by atoms with Crippen molar-refractivity contribution in [1.29, 1.82) is 0 Å². The molecule has 2 amide bonds. The predicted molar refractivity (Wildman–Crippen MR) is 136 cm³/mol. The van der Waals surface area contributed by atoms with Gasteiger partial charge in [-0.05, 0) is 79.1 Å². The van der Waals surface area contributed by atoms with Crippen molar-refractivity contribution in [1.82, 2.24) is 4.90 Å². The highest BCUT2D eigenvalue weighted by Crippen LogP contribution is 2.30. The number of halogens is 1. The third kappa shape index (κ3) is 5.55. The monoisotopic (exact) mass is 511 g/mol. The summed E-state index contributed by atoms with van der Waals surface area (Å²) in [5.41, 5.74) is 1.30. The van der Waals surface area contributed by atoms with Crippen LogP contribution in [0.4, 0.5) is 15.8 Å². The van der Waals surface area contributed by atoms with Crippen LogP contribution in [0.3, 0.4) is 0 Å². The van der Waals surface area contributed by atoms with Crippen LogP contribution in [0.1, 0.15) is 28.6 Å². The van der Waals surface area contributed by atoms with Gasteiger partial charge in [-0.15, -0.1) is 11.3 Å². The molecule has 2 aromatic carbocycles. The van der Waals surface area contributed by atoms with Crippen molar-refractivity contribution in [2.45, 2.75) is 25.9 Å². The van der Waals surface area contributed by atoms with Crippen molar-refractivity contribution in [3.63, 3.8) is 0 Å². The molecule has 1 N–H and O–H groups in total. The van der Waals surface area contributed by atoms with E-state index < -0.39 is 17.8 Å². The first-order chi connectivity index (χ1) is 16.9. The molecule has 1 fully saturated rings. The van der Waals surface area contributed by atoms with E-state index in [1.54, 1.807) is 36.1 Å². The molecule has 1 atom stereocenters. The van der Waals surface area contributed by atoms with Gasteiger partial charge in [0.25, 0.3) is 5.91 Å². The van der Waals surface area contributed by atoms with E-state index in [4.69, 9.17) is 17.0 Å². The summed E-state index contributed by atoms with van der Waals surface area (Å²) < 4.78 is 18.4. The van der Waals surface area contributed by atoms with Crippen molar-refractivity contribution < 1.29 is 23.5 Å². The maximum absolute atomic E-state index is 13.4. The fraction of sp³-hybridized carbons (Fsp3) is 0.200. The minimum atomic E-state index is -0.826. The Balaban J connectivity index is 1.51. The lowest BCUT2D eigenvalue weighted by Crippen LogP contribution is -2.37. The Morgan fingerprint density at radius 3 is 2.46 bits per heavy atom. The van der Waals surface area contributed by atoms with Gasteiger partial charge in [0.05, 0.1) is 30.8 Å². The van der Waals surface area contributed by atoms with Gasteiger partial charge in [-0.1, -0.05) is 6.07 Å². The molecule has 1 aliphatic rings. The molecule has 2 heterocycles. The lowest BCUT2D eigenvalue weighted by atomic mass is 10.1. The smallest absolute Gasteiger partial charge is 0.338 e. The fourth-order valence-corrected chi connectivity index (χ4v) is 4.79. The summed E-state index contributed by atoms with van der Waals surface area (Å²) in [4.78, 5) is 42.1. The summed E-state index contributed by atoms with van der Waals surface area (Å²) in [7, 11) is 0. The number of hydrogen-bond acceptors (Lipinski definition) is 6. The summed E-state index contributed by atoms with van der Waals surface area (Å²) >= 11 is 7.14. The van der Waals surface area contributed by atoms with Crippen LogP contribution in [0.15, 0.2) is 66.0 Å². The van der Waals surface area contributed by atoms with Gasteiger partial charge < -0.3 is 15.0 Å². The molecule has 180 valence electrons. The molecule has 1 aliphatic heterocycles. The van der Waals surface area contributed by atoms with Crippen molar-refractivity contribution in [2.24, 2.45) is 0 Å². The molecule has 1 saturated heterocycles. The second-order valence-electron chi connectivity index (χ2n) is 7.71. The Kier molecular flexibility index (Phi) is 7.52. The Morgan fingerprint density at radius 2 is 1.83 bits per heavy atom. The molecule has 0 spiro atoms. The van der Waals surface area contributed by atoms with Crippen LogP contribution in [-0.2, 0) is 20.9 Å². The number of thiophene rings is 1. The number of hydrogen-bond donors (Lipinski definition) is 1. The summed E-state index contributed by atoms with van der Waals surface area (Å²) in [6.45, 7) is 2.36. The Hall–Kier alpha value is -3.63. The maximum atomic E-state index is 13.4. The fourth-order valence-electron chi connectivity index (χ4n) is 3.70. The van der Waals surface area contributed by atoms with Crippen LogP contribution in [0.25, 0.3) is 0 Å². The highest BCUT2D eigenvalue weighted by atomic mass is 32.1. The highest BCUT2D eigenvalue weighted by Gasteiger charge is 2.44. The molecule has 0 aliphatic carbocycles. The zero-order valence-corrected chi connectivity index (χ0v) is 20.4. The number of carbonyl (C=O) groups excluding carboxylic acids is 3. The molecule has 0 unspecified atom stereocenters. The van der Waals surface area contributed by atoms with E-state index in [-0.39, 0.29) is 30.0 Å². The Labute approximate surface area is 211 Å². The SMILES string of the molecule is CCOC(=O)c1ccc(NC(=O)C[C@H]2C(=O)N(c3ccc(F)cc3)C(=S)N2Cc2cccs2)cc1. The summed E-state index contributed by atoms with van der Waals surface area (Å²) in [5, 5.41) is 4.95. The molecule has 3 aromatic rings. The van der Waals surface area contributed by atoms with Gasteiger partial charge in [-0.3, -0.25) is 14.5 Å². The lowest BCUT2D eigenvalue weighted by Gasteiger charge is -2.23. The molecule has 35 heavy (non-hydrogen) atoms. The van der Waals surface area contributed by atoms with Crippen LogP contribution in [0.5, 0.6) is 0 Å². The molecule has 1 aromatic heterocycles. The molecular weight excluding hydrogens is 489 g/mol. The van der Waals surface area contributed by atoms with Crippen molar-refractivity contribution >= 4 is 57.8 Å². The number of rotatable bonds is 8. The number of benzene rings is 2. The number of anilines is 2. The number of nitrogens with zero attached hydrogens (tertiary/aromatic N) is 2. The average Bonchev–Trinajstić information content (AvgIpc) is 3.43. The molecule has 0 saturated carbocycles. The Bertz CT molecular complexity index is 1230. The van der Waals surface area contributed by atoms with Gasteiger partial charge in [0.15, 0.2) is 5.11 Å². The zero-order valence-electron chi connectivity index (χ0n) is 18.8. The van der Waals surface area contributed by atoms with E-state index in [0.717, 1.165) is 4.88 Å². The normalized spacial score (nSPS) is 15.4. The van der Waals surface area contributed by atoms with E-state index in [2.05, 4.69) is 5.32 Å². The molecule has 0 bridgehead atoms. The summed E-state index contributed by atoms with van der Waals surface area (Å²) in [6, 6.07) is 14.8. The third-order valence-electron chi connectivity index (χ3n) is 5.37. The first kappa shape index (κ1) is 24.5. The molecule has 4 rings (SSSR count). The molecule has 10 heteroatoms. The predicted octanol–water partition coefficient (Wildman–Crippen LogP) is 4.60. The average molecular weight is 512 g/mol. The van der Waals surface area contributed by atoms with Crippen LogP contribution < -0.4 is 10.2 Å². The van der Waals surface area contributed by atoms with Crippen molar-refractivity contribution in [3.8, 4) is 0 Å². The summed E-state index contributed by atoms with van der Waals surface area (Å²) in [5.74, 6) is -1.61. The van der Waals surface area contributed by atoms with Crippen molar-refractivity contribution in [2.75, 3.05) is 16.8 Å². The van der Waals surface area contributed by atoms with Gasteiger partial charge in [-0.25, -0.2) is 9.18 Å². The molecular formula is C25H22FN3O4S2. The largest absolute Gasteiger partial charge is 0.462 e. The number of ether oxygens (including phenoxy) is 1. The van der Waals surface area contributed by atoms with Gasteiger partial charge in [0.1, 0.15) is 11.9 Å². The van der Waals surface area contributed by atoms with Crippen LogP contribution in [-0.4, -0.2) is 40.4 Å². The minimum Gasteiger partial charge on any atom is -0.462 e. The van der Waals surface area contributed by atoms with E-state index in [1.165, 1.54) is 40.5 Å². The lowest BCUT2D eigenvalue weighted by molar-refractivity contribution is -0.124. The van der Waals surface area contributed by atoms with Gasteiger partial charge >= 0.3 is 5.97 Å². The minimum absolute atomic E-state index is 0.137. The first-order valence-corrected chi connectivity index (χ1v) is 12.2. The topological polar surface area (TPSA) is 78.9 Å². The van der Waals surface area contributed by atoms with Crippen molar-refractivity contribution in [3.05, 3.63) is 82.3 Å². The molecule has 0 radical (unpaired) electrons. The van der Waals surface area contributed by atoms with Gasteiger partial charge in [-0.2, -0.15) is 0 Å². The number of amides is 2. The summed E-state index contributed by atoms with van der Waals surface area (Å²) in [6.07, 6.45) is -0.137. The third-order valence-corrected chi connectivity index (χ3v) is 6.65. The standard InChI is InChI=1S/C25H22FN3O4S2/c1-2-33-24(32)16-5-9-18(10-6-16)27-22(30)14-21-23(31)29(19-11-7-17(26)8-12-19)25(34)28(21)15-20-4-3-13-35-20/h3-13,21H,2,14-15H2,1H3,(H,27,30)/t21-/m0/s1. The van der Waals surface area contributed by atoms with Crippen LogP contribution in [0, 0.1) is 5.82 Å². The first-order valence-electron chi connectivity index (χ1n) is 10.9. The Morgan fingerprint density at radius 1 is 1.11 bits per heavy atom. The number of thiocarbonyl (C=S) groups is 1. The number of nitrogens with one attached hydrogen (secondary N) is 1. The maximum Gasteiger partial charge on any atom is 0.338 e. The number of carbonyl (C=O) groups is 3. The quantitative estimate of drug-likeness (QED) is 0.352. The second-order valence-corrected chi connectivity index (χ2v) is 9.10. The van der Waals surface area contributed by atoms with Gasteiger partial charge in [0, 0.05) is 10.6 Å². The van der Waals surface area contributed by atoms with E-state index in [9.17, 15) is 18.8 Å². The van der Waals surface area contributed by atoms with E-state index >= 15 is 0 Å². The van der Waals surface area contributed by atoms with Gasteiger partial charge in [0.2, 0.25) is 5.91 Å². The number of esters is 1. The van der Waals surface area contributed by atoms with E-state index in [0.29, 0.717) is 23.5 Å².